The molecule has 104 valence electrons. The summed E-state index contributed by atoms with van der Waals surface area (Å²) >= 11 is 3.38. The molecule has 0 atom stereocenters. The highest BCUT2D eigenvalue weighted by atomic mass is 79.9. The largest absolute Gasteiger partial charge is 0.365 e. The molecule has 0 aromatic heterocycles. The van der Waals surface area contributed by atoms with Gasteiger partial charge >= 0.3 is 0 Å². The molecule has 0 N–H and O–H groups in total. The van der Waals surface area contributed by atoms with Crippen molar-refractivity contribution in [3.8, 4) is 0 Å². The van der Waals surface area contributed by atoms with Crippen LogP contribution in [0.25, 0.3) is 0 Å². The summed E-state index contributed by atoms with van der Waals surface area (Å²) in [7, 11) is 1.82. The van der Waals surface area contributed by atoms with E-state index in [0.29, 0.717) is 18.7 Å². The molecular weight excluding hydrogens is 308 g/mol. The first-order valence-corrected chi connectivity index (χ1v) is 7.06. The second kappa shape index (κ2) is 7.28. The van der Waals surface area contributed by atoms with Gasteiger partial charge < -0.3 is 9.80 Å². The number of anilines is 1. The molecule has 1 aromatic rings. The first-order chi connectivity index (χ1) is 9.03. The van der Waals surface area contributed by atoms with E-state index < -0.39 is 0 Å². The zero-order chi connectivity index (χ0) is 14.4. The molecule has 0 radical (unpaired) electrons. The van der Waals surface area contributed by atoms with Gasteiger partial charge in [-0.15, -0.1) is 0 Å². The van der Waals surface area contributed by atoms with Crippen LogP contribution in [0.3, 0.4) is 0 Å². The average Bonchev–Trinajstić information content (AvgIpc) is 2.40. The number of carbonyl (C=O) groups is 2. The Morgan fingerprint density at radius 3 is 2.47 bits per heavy atom. The van der Waals surface area contributed by atoms with Crippen molar-refractivity contribution >= 4 is 33.8 Å². The van der Waals surface area contributed by atoms with Crippen molar-refractivity contribution in [3.63, 3.8) is 0 Å². The highest BCUT2D eigenvalue weighted by Gasteiger charge is 2.15. The van der Waals surface area contributed by atoms with Gasteiger partial charge in [-0.2, -0.15) is 0 Å². The average molecular weight is 327 g/mol. The van der Waals surface area contributed by atoms with E-state index in [2.05, 4.69) is 15.9 Å². The van der Waals surface area contributed by atoms with Crippen molar-refractivity contribution in [1.82, 2.24) is 4.90 Å². The summed E-state index contributed by atoms with van der Waals surface area (Å²) in [6.45, 7) is 5.57. The third-order valence-corrected chi connectivity index (χ3v) is 3.51. The maximum absolute atomic E-state index is 12.1. The van der Waals surface area contributed by atoms with Crippen LogP contribution in [-0.2, 0) is 4.79 Å². The van der Waals surface area contributed by atoms with Gasteiger partial charge in [0, 0.05) is 35.9 Å². The number of hydrogen-bond acceptors (Lipinski definition) is 3. The molecule has 1 aromatic carbocycles. The topological polar surface area (TPSA) is 40.6 Å². The van der Waals surface area contributed by atoms with Gasteiger partial charge in [0.25, 0.3) is 0 Å². The third-order valence-electron chi connectivity index (χ3n) is 3.02. The summed E-state index contributed by atoms with van der Waals surface area (Å²) in [5, 5.41) is 0. The summed E-state index contributed by atoms with van der Waals surface area (Å²) in [5.74, 6) is 0.0596. The zero-order valence-corrected chi connectivity index (χ0v) is 13.1. The minimum absolute atomic E-state index is 0.0596. The molecule has 1 rings (SSSR count). The molecular formula is C14H19BrN2O2. The van der Waals surface area contributed by atoms with E-state index in [1.165, 1.54) is 0 Å². The molecule has 0 saturated carbocycles. The molecule has 0 aliphatic heterocycles. The summed E-state index contributed by atoms with van der Waals surface area (Å²) in [5.41, 5.74) is 1.34. The number of amides is 1. The number of halogens is 1. The normalized spacial score (nSPS) is 10.1. The molecule has 0 unspecified atom stereocenters. The third kappa shape index (κ3) is 4.06. The highest BCUT2D eigenvalue weighted by molar-refractivity contribution is 9.10. The van der Waals surface area contributed by atoms with E-state index in [-0.39, 0.29) is 12.5 Å². The minimum atomic E-state index is 0.0596. The summed E-state index contributed by atoms with van der Waals surface area (Å²) in [6, 6.07) is 5.40. The number of hydrogen-bond donors (Lipinski definition) is 0. The van der Waals surface area contributed by atoms with Crippen LogP contribution in [0, 0.1) is 0 Å². The van der Waals surface area contributed by atoms with Gasteiger partial charge in [-0.1, -0.05) is 15.9 Å². The predicted octanol–water partition coefficient (Wildman–Crippen LogP) is 2.57. The Hall–Kier alpha value is -1.36. The first kappa shape index (κ1) is 15.7. The van der Waals surface area contributed by atoms with Gasteiger partial charge in [-0.05, 0) is 32.0 Å². The van der Waals surface area contributed by atoms with Crippen LogP contribution < -0.4 is 4.90 Å². The van der Waals surface area contributed by atoms with Crippen LogP contribution in [0.5, 0.6) is 0 Å². The second-order valence-corrected chi connectivity index (χ2v) is 5.16. The molecule has 0 heterocycles. The van der Waals surface area contributed by atoms with Gasteiger partial charge in [0.2, 0.25) is 5.91 Å². The summed E-state index contributed by atoms with van der Waals surface area (Å²) in [4.78, 5) is 26.7. The lowest BCUT2D eigenvalue weighted by atomic mass is 10.2. The van der Waals surface area contributed by atoms with Crippen molar-refractivity contribution < 1.29 is 9.59 Å². The SMILES string of the molecule is CCN(CC)C(=O)CN(C)c1cc(Br)ccc1C=O. The Morgan fingerprint density at radius 2 is 1.95 bits per heavy atom. The van der Waals surface area contributed by atoms with E-state index in [4.69, 9.17) is 0 Å². The van der Waals surface area contributed by atoms with Crippen molar-refractivity contribution in [2.75, 3.05) is 31.6 Å². The number of aldehydes is 1. The molecule has 0 fully saturated rings. The van der Waals surface area contributed by atoms with E-state index >= 15 is 0 Å². The molecule has 0 saturated heterocycles. The smallest absolute Gasteiger partial charge is 0.242 e. The number of benzene rings is 1. The lowest BCUT2D eigenvalue weighted by molar-refractivity contribution is -0.129. The van der Waals surface area contributed by atoms with Crippen LogP contribution in [0.4, 0.5) is 5.69 Å². The van der Waals surface area contributed by atoms with Gasteiger partial charge in [0.05, 0.1) is 6.54 Å². The summed E-state index contributed by atoms with van der Waals surface area (Å²) < 4.78 is 0.884. The monoisotopic (exact) mass is 326 g/mol. The number of carbonyl (C=O) groups excluding carboxylic acids is 2. The maximum atomic E-state index is 12.1. The Kier molecular flexibility index (Phi) is 6.02. The van der Waals surface area contributed by atoms with E-state index in [0.717, 1.165) is 16.4 Å². The number of rotatable bonds is 6. The van der Waals surface area contributed by atoms with Crippen molar-refractivity contribution in [1.29, 1.82) is 0 Å². The van der Waals surface area contributed by atoms with E-state index in [1.807, 2.05) is 33.0 Å². The van der Waals surface area contributed by atoms with Crippen molar-refractivity contribution in [2.45, 2.75) is 13.8 Å². The number of likely N-dealkylation sites (N-methyl/N-ethyl adjacent to an activating group) is 2. The Balaban J connectivity index is 2.88. The molecule has 5 heteroatoms. The lowest BCUT2D eigenvalue weighted by Gasteiger charge is -2.25. The summed E-state index contributed by atoms with van der Waals surface area (Å²) in [6.07, 6.45) is 0.806. The molecule has 4 nitrogen and oxygen atoms in total. The Morgan fingerprint density at radius 1 is 1.32 bits per heavy atom. The molecule has 0 aliphatic carbocycles. The van der Waals surface area contributed by atoms with Crippen LogP contribution in [0.2, 0.25) is 0 Å². The van der Waals surface area contributed by atoms with Crippen LogP contribution in [0.15, 0.2) is 22.7 Å². The number of nitrogens with zero attached hydrogens (tertiary/aromatic N) is 2. The first-order valence-electron chi connectivity index (χ1n) is 6.27. The van der Waals surface area contributed by atoms with Gasteiger partial charge in [-0.25, -0.2) is 0 Å². The standard InChI is InChI=1S/C14H19BrN2O2/c1-4-17(5-2)14(19)9-16(3)13-8-12(15)7-6-11(13)10-18/h6-8,10H,4-5,9H2,1-3H3. The highest BCUT2D eigenvalue weighted by Crippen LogP contribution is 2.23. The molecule has 0 aliphatic rings. The van der Waals surface area contributed by atoms with Crippen LogP contribution >= 0.6 is 15.9 Å². The Labute approximate surface area is 122 Å². The van der Waals surface area contributed by atoms with Gasteiger partial charge in [-0.3, -0.25) is 9.59 Å². The second-order valence-electron chi connectivity index (χ2n) is 4.24. The fourth-order valence-electron chi connectivity index (χ4n) is 1.91. The zero-order valence-electron chi connectivity index (χ0n) is 11.5. The lowest BCUT2D eigenvalue weighted by Crippen LogP contribution is -2.39. The van der Waals surface area contributed by atoms with Crippen molar-refractivity contribution in [3.05, 3.63) is 28.2 Å². The van der Waals surface area contributed by atoms with Gasteiger partial charge in [0.15, 0.2) is 6.29 Å². The molecule has 19 heavy (non-hydrogen) atoms. The fourth-order valence-corrected chi connectivity index (χ4v) is 2.26. The van der Waals surface area contributed by atoms with Gasteiger partial charge in [0.1, 0.15) is 0 Å². The molecule has 1 amide bonds. The van der Waals surface area contributed by atoms with Crippen LogP contribution in [0.1, 0.15) is 24.2 Å². The predicted molar refractivity (Wildman–Crippen MR) is 80.7 cm³/mol. The minimum Gasteiger partial charge on any atom is -0.365 e. The van der Waals surface area contributed by atoms with Crippen molar-refractivity contribution in [2.24, 2.45) is 0 Å². The fraction of sp³-hybridized carbons (Fsp3) is 0.429. The maximum Gasteiger partial charge on any atom is 0.242 e. The Bertz CT molecular complexity index is 459. The quantitative estimate of drug-likeness (QED) is 0.754. The molecule has 0 spiro atoms. The van der Waals surface area contributed by atoms with Crippen LogP contribution in [-0.4, -0.2) is 43.8 Å². The van der Waals surface area contributed by atoms with E-state index in [9.17, 15) is 9.59 Å². The molecule has 0 bridgehead atoms. The van der Waals surface area contributed by atoms with E-state index in [1.54, 1.807) is 15.9 Å².